The van der Waals surface area contributed by atoms with Crippen LogP contribution in [0.5, 0.6) is 0 Å². The minimum Gasteiger partial charge on any atom is -0.310 e. The maximum atomic E-state index is 12.9. The van der Waals surface area contributed by atoms with E-state index in [9.17, 15) is 4.57 Å². The van der Waals surface area contributed by atoms with Crippen molar-refractivity contribution in [2.75, 3.05) is 6.16 Å². The molecule has 0 saturated carbocycles. The molecule has 0 atom stereocenters. The highest BCUT2D eigenvalue weighted by atomic mass is 31.2. The van der Waals surface area contributed by atoms with E-state index in [1.54, 1.807) is 12.5 Å². The molecular weight excluding hydrogens is 275 g/mol. The summed E-state index contributed by atoms with van der Waals surface area (Å²) in [6.07, 6.45) is 5.15. The van der Waals surface area contributed by atoms with Gasteiger partial charge in [-0.25, -0.2) is 4.98 Å². The quantitative estimate of drug-likeness (QED) is 0.709. The Bertz CT molecular complexity index is 475. The molecule has 20 heavy (non-hydrogen) atoms. The van der Waals surface area contributed by atoms with Crippen molar-refractivity contribution in [3.8, 4) is 0 Å². The molecule has 6 heteroatoms. The first-order valence-electron chi connectivity index (χ1n) is 6.84. The fourth-order valence-corrected chi connectivity index (χ4v) is 4.17. The van der Waals surface area contributed by atoms with Gasteiger partial charge in [-0.2, -0.15) is 0 Å². The molecule has 0 amide bonds. The molecule has 0 spiro atoms. The van der Waals surface area contributed by atoms with Crippen LogP contribution < -0.4 is 0 Å². The molecule has 1 rings (SSSR count). The average Bonchev–Trinajstić information content (AvgIpc) is 2.76. The lowest BCUT2D eigenvalue weighted by Crippen LogP contribution is -2.13. The summed E-state index contributed by atoms with van der Waals surface area (Å²) >= 11 is 0. The highest BCUT2D eigenvalue weighted by molar-refractivity contribution is 7.54. The Morgan fingerprint density at radius 2 is 1.75 bits per heavy atom. The molecule has 0 aromatic carbocycles. The van der Waals surface area contributed by atoms with Crippen molar-refractivity contribution in [2.24, 2.45) is 0 Å². The zero-order chi connectivity index (χ0) is 15.3. The van der Waals surface area contributed by atoms with Gasteiger partial charge in [-0.15, -0.1) is 0 Å². The number of hydrogen-bond donors (Lipinski definition) is 0. The van der Waals surface area contributed by atoms with Gasteiger partial charge in [-0.1, -0.05) is 5.57 Å². The normalized spacial score (nSPS) is 12.2. The van der Waals surface area contributed by atoms with E-state index < -0.39 is 7.60 Å². The third kappa shape index (κ3) is 5.23. The second-order valence-corrected chi connectivity index (χ2v) is 7.45. The summed E-state index contributed by atoms with van der Waals surface area (Å²) in [5.41, 5.74) is 1.95. The first kappa shape index (κ1) is 17.2. The lowest BCUT2D eigenvalue weighted by molar-refractivity contribution is 0.144. The molecule has 0 saturated heterocycles. The summed E-state index contributed by atoms with van der Waals surface area (Å²) < 4.78 is 26.0. The van der Waals surface area contributed by atoms with Gasteiger partial charge in [-0.05, 0) is 41.5 Å². The van der Waals surface area contributed by atoms with Gasteiger partial charge >= 0.3 is 7.60 Å². The number of rotatable bonds is 7. The van der Waals surface area contributed by atoms with Crippen molar-refractivity contribution >= 4 is 13.3 Å². The molecule has 5 nitrogen and oxygen atoms in total. The van der Waals surface area contributed by atoms with Crippen molar-refractivity contribution in [1.29, 1.82) is 0 Å². The summed E-state index contributed by atoms with van der Waals surface area (Å²) in [4.78, 5) is 4.03. The van der Waals surface area contributed by atoms with Gasteiger partial charge in [0.25, 0.3) is 0 Å². The van der Waals surface area contributed by atoms with Gasteiger partial charge in [0.05, 0.1) is 24.7 Å². The molecule has 0 fully saturated rings. The molecule has 0 aliphatic carbocycles. The van der Waals surface area contributed by atoms with Crippen molar-refractivity contribution < 1.29 is 13.6 Å². The van der Waals surface area contributed by atoms with E-state index in [2.05, 4.69) is 4.98 Å². The Hall–Kier alpha value is -0.900. The van der Waals surface area contributed by atoms with Crippen LogP contribution in [0.15, 0.2) is 24.3 Å². The third-order valence-electron chi connectivity index (χ3n) is 2.48. The molecule has 0 bridgehead atoms. The summed E-state index contributed by atoms with van der Waals surface area (Å²) in [5.74, 6) is 0. The number of aromatic nitrogens is 2. The molecular formula is C14H25N2O3P. The zero-order valence-corrected chi connectivity index (χ0v) is 14.1. The molecule has 0 unspecified atom stereocenters. The Morgan fingerprint density at radius 1 is 1.20 bits per heavy atom. The number of hydrogen-bond acceptors (Lipinski definition) is 4. The van der Waals surface area contributed by atoms with Crippen LogP contribution in [0.3, 0.4) is 0 Å². The van der Waals surface area contributed by atoms with Crippen LogP contribution in [0.1, 0.15) is 41.5 Å². The number of imidazole rings is 1. The molecule has 0 aliphatic rings. The van der Waals surface area contributed by atoms with Crippen molar-refractivity contribution in [3.05, 3.63) is 24.3 Å². The molecule has 0 aliphatic heterocycles. The van der Waals surface area contributed by atoms with Gasteiger partial charge in [0.15, 0.2) is 0 Å². The van der Waals surface area contributed by atoms with Crippen LogP contribution in [-0.4, -0.2) is 27.9 Å². The Kier molecular flexibility index (Phi) is 6.18. The van der Waals surface area contributed by atoms with Gasteiger partial charge < -0.3 is 13.6 Å². The van der Waals surface area contributed by atoms with Crippen LogP contribution in [0, 0.1) is 0 Å². The highest BCUT2D eigenvalue weighted by Gasteiger charge is 2.30. The molecule has 1 aromatic heterocycles. The van der Waals surface area contributed by atoms with Crippen LogP contribution in [0.2, 0.25) is 0 Å². The van der Waals surface area contributed by atoms with Crippen LogP contribution >= 0.6 is 7.60 Å². The Labute approximate surface area is 121 Å². The minimum atomic E-state index is -3.19. The Morgan fingerprint density at radius 3 is 2.10 bits per heavy atom. The monoisotopic (exact) mass is 300 g/mol. The average molecular weight is 300 g/mol. The van der Waals surface area contributed by atoms with E-state index >= 15 is 0 Å². The van der Waals surface area contributed by atoms with Crippen LogP contribution in [-0.2, 0) is 13.6 Å². The van der Waals surface area contributed by atoms with E-state index in [1.165, 1.54) is 0 Å². The summed E-state index contributed by atoms with van der Waals surface area (Å²) in [6.45, 7) is 11.4. The van der Waals surface area contributed by atoms with Gasteiger partial charge in [0.1, 0.15) is 0 Å². The van der Waals surface area contributed by atoms with E-state index in [1.807, 2.05) is 52.3 Å². The molecule has 114 valence electrons. The van der Waals surface area contributed by atoms with Crippen LogP contribution in [0.4, 0.5) is 0 Å². The van der Waals surface area contributed by atoms with Gasteiger partial charge in [0, 0.05) is 18.1 Å². The van der Waals surface area contributed by atoms with Crippen LogP contribution in [0.25, 0.3) is 5.70 Å². The molecule has 1 aromatic rings. The van der Waals surface area contributed by atoms with E-state index in [-0.39, 0.29) is 18.4 Å². The first-order valence-corrected chi connectivity index (χ1v) is 8.57. The summed E-state index contributed by atoms with van der Waals surface area (Å²) in [5, 5.41) is 0. The number of nitrogens with zero attached hydrogens (tertiary/aromatic N) is 2. The summed E-state index contributed by atoms with van der Waals surface area (Å²) in [6, 6.07) is 0. The smallest absolute Gasteiger partial charge is 0.310 e. The standard InChI is InChI=1S/C14H25N2O3P/c1-11(2)14(16-8-7-15-10-16)9-20(17,18-12(3)4)19-13(5)6/h7-8,10,12-13H,9H2,1-6H3. The van der Waals surface area contributed by atoms with Crippen molar-refractivity contribution in [1.82, 2.24) is 9.55 Å². The molecule has 1 heterocycles. The first-order chi connectivity index (χ1) is 9.23. The molecule has 0 N–H and O–H groups in total. The topological polar surface area (TPSA) is 53.4 Å². The maximum Gasteiger partial charge on any atom is 0.337 e. The van der Waals surface area contributed by atoms with Gasteiger partial charge in [0.2, 0.25) is 0 Å². The molecule has 0 radical (unpaired) electrons. The predicted molar refractivity (Wildman–Crippen MR) is 81.7 cm³/mol. The SMILES string of the molecule is CC(C)=C(CP(=O)(OC(C)C)OC(C)C)n1ccnc1. The lowest BCUT2D eigenvalue weighted by Gasteiger charge is -2.24. The fraction of sp³-hybridized carbons (Fsp3) is 0.643. The van der Waals surface area contributed by atoms with Gasteiger partial charge in [-0.3, -0.25) is 4.57 Å². The zero-order valence-electron chi connectivity index (χ0n) is 13.2. The van der Waals surface area contributed by atoms with E-state index in [4.69, 9.17) is 9.05 Å². The predicted octanol–water partition coefficient (Wildman–Crippen LogP) is 4.18. The second kappa shape index (κ2) is 7.21. The van der Waals surface area contributed by atoms with E-state index in [0.717, 1.165) is 11.3 Å². The third-order valence-corrected chi connectivity index (χ3v) is 4.65. The fourth-order valence-electron chi connectivity index (χ4n) is 1.84. The second-order valence-electron chi connectivity index (χ2n) is 5.49. The van der Waals surface area contributed by atoms with Crippen molar-refractivity contribution in [3.63, 3.8) is 0 Å². The largest absolute Gasteiger partial charge is 0.337 e. The summed E-state index contributed by atoms with van der Waals surface area (Å²) in [7, 11) is -3.19. The maximum absolute atomic E-state index is 12.9. The van der Waals surface area contributed by atoms with E-state index in [0.29, 0.717) is 0 Å². The lowest BCUT2D eigenvalue weighted by atomic mass is 10.3. The number of allylic oxidation sites excluding steroid dienone is 2. The highest BCUT2D eigenvalue weighted by Crippen LogP contribution is 2.52. The Balaban J connectivity index is 3.04. The minimum absolute atomic E-state index is 0.152. The van der Waals surface area contributed by atoms with Crippen molar-refractivity contribution in [2.45, 2.75) is 53.8 Å².